The Hall–Kier alpha value is -1.02. The third kappa shape index (κ3) is 7.49. The number of benzene rings is 1. The van der Waals surface area contributed by atoms with E-state index in [1.54, 1.807) is 7.11 Å². The van der Waals surface area contributed by atoms with Crippen molar-refractivity contribution in [2.75, 3.05) is 40.3 Å². The Kier molecular flexibility index (Phi) is 11.1. The second-order valence-corrected chi connectivity index (χ2v) is 7.28. The van der Waals surface area contributed by atoms with Gasteiger partial charge >= 0.3 is 0 Å². The van der Waals surface area contributed by atoms with Gasteiger partial charge in [0.05, 0.1) is 13.2 Å². The molecule has 5 nitrogen and oxygen atoms in total. The van der Waals surface area contributed by atoms with Gasteiger partial charge in [0.2, 0.25) is 0 Å². The lowest BCUT2D eigenvalue weighted by Gasteiger charge is -2.31. The zero-order chi connectivity index (χ0) is 18.9. The van der Waals surface area contributed by atoms with Crippen LogP contribution in [0.5, 0.6) is 5.75 Å². The summed E-state index contributed by atoms with van der Waals surface area (Å²) in [4.78, 5) is 6.93. The molecule has 2 N–H and O–H groups in total. The van der Waals surface area contributed by atoms with Gasteiger partial charge < -0.3 is 20.3 Å². The molecular weight excluding hydrogens is 451 g/mol. The normalized spacial score (nSPS) is 17.1. The molecule has 1 fully saturated rings. The molecule has 0 saturated carbocycles. The zero-order valence-corrected chi connectivity index (χ0v) is 19.9. The highest BCUT2D eigenvalue weighted by molar-refractivity contribution is 14.0. The Morgan fingerprint density at radius 1 is 1.33 bits per heavy atom. The van der Waals surface area contributed by atoms with Crippen LogP contribution in [0, 0.1) is 12.8 Å². The van der Waals surface area contributed by atoms with Gasteiger partial charge in [-0.2, -0.15) is 0 Å². The Balaban J connectivity index is 0.00000364. The second kappa shape index (κ2) is 12.4. The molecule has 0 aromatic heterocycles. The number of nitrogens with zero attached hydrogens (tertiary/aromatic N) is 2. The molecule has 6 heteroatoms. The predicted octanol–water partition coefficient (Wildman–Crippen LogP) is 3.97. The van der Waals surface area contributed by atoms with E-state index in [0.29, 0.717) is 0 Å². The molecule has 0 bridgehead atoms. The monoisotopic (exact) mass is 488 g/mol. The minimum absolute atomic E-state index is 0. The smallest absolute Gasteiger partial charge is 0.191 e. The molecular formula is C21H37IN4O. The van der Waals surface area contributed by atoms with Crippen molar-refractivity contribution in [1.29, 1.82) is 0 Å². The maximum atomic E-state index is 5.51. The predicted molar refractivity (Wildman–Crippen MR) is 126 cm³/mol. The highest BCUT2D eigenvalue weighted by Crippen LogP contribution is 2.26. The van der Waals surface area contributed by atoms with Gasteiger partial charge in [0.1, 0.15) is 5.75 Å². The van der Waals surface area contributed by atoms with Gasteiger partial charge in [-0.15, -0.1) is 24.0 Å². The highest BCUT2D eigenvalue weighted by Gasteiger charge is 2.18. The molecule has 0 spiro atoms. The average molecular weight is 488 g/mol. The van der Waals surface area contributed by atoms with Crippen molar-refractivity contribution in [3.05, 3.63) is 29.3 Å². The Bertz CT molecular complexity index is 586. The number of guanidine groups is 1. The highest BCUT2D eigenvalue weighted by atomic mass is 127. The molecule has 1 saturated heterocycles. The molecule has 1 unspecified atom stereocenters. The van der Waals surface area contributed by atoms with Crippen LogP contribution in [0.25, 0.3) is 0 Å². The van der Waals surface area contributed by atoms with Gasteiger partial charge in [-0.3, -0.25) is 4.99 Å². The van der Waals surface area contributed by atoms with Crippen LogP contribution in [-0.4, -0.2) is 51.2 Å². The molecule has 0 radical (unpaired) electrons. The number of likely N-dealkylation sites (tertiary alicyclic amines) is 1. The van der Waals surface area contributed by atoms with Crippen molar-refractivity contribution in [1.82, 2.24) is 15.5 Å². The van der Waals surface area contributed by atoms with Gasteiger partial charge in [0.25, 0.3) is 0 Å². The largest absolute Gasteiger partial charge is 0.496 e. The molecule has 0 amide bonds. The third-order valence-corrected chi connectivity index (χ3v) is 5.43. The maximum Gasteiger partial charge on any atom is 0.191 e. The minimum atomic E-state index is 0. The molecule has 1 aliphatic rings. The first-order valence-electron chi connectivity index (χ1n) is 9.91. The number of ether oxygens (including phenoxy) is 1. The van der Waals surface area contributed by atoms with Crippen molar-refractivity contribution in [3.63, 3.8) is 0 Å². The molecule has 1 aliphatic heterocycles. The number of aryl methyl sites for hydroxylation is 1. The Morgan fingerprint density at radius 3 is 2.63 bits per heavy atom. The summed E-state index contributed by atoms with van der Waals surface area (Å²) < 4.78 is 5.51. The van der Waals surface area contributed by atoms with Gasteiger partial charge in [-0.1, -0.05) is 24.6 Å². The summed E-state index contributed by atoms with van der Waals surface area (Å²) in [7, 11) is 3.55. The van der Waals surface area contributed by atoms with E-state index in [1.807, 2.05) is 13.1 Å². The molecule has 27 heavy (non-hydrogen) atoms. The number of nitrogens with one attached hydrogen (secondary N) is 2. The zero-order valence-electron chi connectivity index (χ0n) is 17.5. The van der Waals surface area contributed by atoms with Crippen molar-refractivity contribution in [3.8, 4) is 5.75 Å². The van der Waals surface area contributed by atoms with Crippen LogP contribution in [0.3, 0.4) is 0 Å². The van der Waals surface area contributed by atoms with Crippen molar-refractivity contribution < 1.29 is 4.74 Å². The number of hydrogen-bond donors (Lipinski definition) is 2. The Morgan fingerprint density at radius 2 is 2.04 bits per heavy atom. The van der Waals surface area contributed by atoms with E-state index in [1.165, 1.54) is 44.5 Å². The Labute approximate surface area is 182 Å². The number of hydrogen-bond acceptors (Lipinski definition) is 3. The van der Waals surface area contributed by atoms with Gasteiger partial charge in [0.15, 0.2) is 5.96 Å². The summed E-state index contributed by atoms with van der Waals surface area (Å²) in [6.07, 6.45) is 3.84. The van der Waals surface area contributed by atoms with Gasteiger partial charge in [-0.25, -0.2) is 0 Å². The third-order valence-electron chi connectivity index (χ3n) is 5.43. The van der Waals surface area contributed by atoms with Crippen LogP contribution >= 0.6 is 24.0 Å². The number of halogens is 1. The summed E-state index contributed by atoms with van der Waals surface area (Å²) in [5.74, 6) is 2.60. The van der Waals surface area contributed by atoms with Crippen LogP contribution in [0.2, 0.25) is 0 Å². The summed E-state index contributed by atoms with van der Waals surface area (Å²) in [6, 6.07) is 6.41. The SMILES string of the molecule is CCN1CCC(CCNC(=NC)NC(C)c2cc(C)ccc2OC)CC1.I. The van der Waals surface area contributed by atoms with Crippen LogP contribution in [0.1, 0.15) is 50.3 Å². The van der Waals surface area contributed by atoms with Gasteiger partial charge in [0, 0.05) is 19.2 Å². The topological polar surface area (TPSA) is 48.9 Å². The number of methoxy groups -OCH3 is 1. The van der Waals surface area contributed by atoms with E-state index in [2.05, 4.69) is 53.4 Å². The first-order valence-corrected chi connectivity index (χ1v) is 9.91. The minimum Gasteiger partial charge on any atom is -0.496 e. The van der Waals surface area contributed by atoms with Crippen LogP contribution in [0.4, 0.5) is 0 Å². The fourth-order valence-electron chi connectivity index (χ4n) is 3.66. The summed E-state index contributed by atoms with van der Waals surface area (Å²) in [6.45, 7) is 11.1. The first-order chi connectivity index (χ1) is 12.6. The molecule has 1 heterocycles. The lowest BCUT2D eigenvalue weighted by Crippen LogP contribution is -2.40. The van der Waals surface area contributed by atoms with Crippen molar-refractivity contribution in [2.45, 2.75) is 46.1 Å². The van der Waals surface area contributed by atoms with E-state index in [0.717, 1.165) is 29.7 Å². The van der Waals surface area contributed by atoms with Crippen LogP contribution in [0.15, 0.2) is 23.2 Å². The lowest BCUT2D eigenvalue weighted by molar-refractivity contribution is 0.187. The fraction of sp³-hybridized carbons (Fsp3) is 0.667. The quantitative estimate of drug-likeness (QED) is 0.347. The lowest BCUT2D eigenvalue weighted by atomic mass is 9.93. The first kappa shape index (κ1) is 24.0. The fourth-order valence-corrected chi connectivity index (χ4v) is 3.66. The number of aliphatic imine (C=N–C) groups is 1. The van der Waals surface area contributed by atoms with E-state index in [4.69, 9.17) is 4.74 Å². The summed E-state index contributed by atoms with van der Waals surface area (Å²) in [5.41, 5.74) is 2.39. The summed E-state index contributed by atoms with van der Waals surface area (Å²) in [5, 5.41) is 6.97. The summed E-state index contributed by atoms with van der Waals surface area (Å²) >= 11 is 0. The maximum absolute atomic E-state index is 5.51. The van der Waals surface area contributed by atoms with Crippen LogP contribution < -0.4 is 15.4 Å². The molecule has 1 aromatic carbocycles. The second-order valence-electron chi connectivity index (χ2n) is 7.28. The van der Waals surface area contributed by atoms with Crippen molar-refractivity contribution in [2.24, 2.45) is 10.9 Å². The van der Waals surface area contributed by atoms with E-state index >= 15 is 0 Å². The number of rotatable bonds is 7. The molecule has 1 aromatic rings. The molecule has 2 rings (SSSR count). The molecule has 154 valence electrons. The standard InChI is InChI=1S/C21H36N4O.HI/c1-6-25-13-10-18(11-14-25)9-12-23-21(22-4)24-17(3)19-15-16(2)7-8-20(19)26-5;/h7-8,15,17-18H,6,9-14H2,1-5H3,(H2,22,23,24);1H. The number of piperidine rings is 1. The van der Waals surface area contributed by atoms with E-state index < -0.39 is 0 Å². The van der Waals surface area contributed by atoms with Crippen LogP contribution in [-0.2, 0) is 0 Å². The van der Waals surface area contributed by atoms with Gasteiger partial charge in [-0.05, 0) is 64.7 Å². The van der Waals surface area contributed by atoms with E-state index in [9.17, 15) is 0 Å². The molecule has 1 atom stereocenters. The van der Waals surface area contributed by atoms with Crippen molar-refractivity contribution >= 4 is 29.9 Å². The van der Waals surface area contributed by atoms with E-state index in [-0.39, 0.29) is 30.0 Å². The molecule has 0 aliphatic carbocycles. The average Bonchev–Trinajstić information content (AvgIpc) is 2.67.